The normalized spacial score (nSPS) is 17.9. The number of nitrogens with zero attached hydrogens (tertiary/aromatic N) is 4. The van der Waals surface area contributed by atoms with Gasteiger partial charge in [0.1, 0.15) is 5.82 Å². The van der Waals surface area contributed by atoms with Crippen molar-refractivity contribution in [2.24, 2.45) is 0 Å². The molecule has 1 fully saturated rings. The van der Waals surface area contributed by atoms with Gasteiger partial charge in [0.15, 0.2) is 0 Å². The van der Waals surface area contributed by atoms with E-state index in [1.807, 2.05) is 36.6 Å². The lowest BCUT2D eigenvalue weighted by atomic mass is 9.98. The maximum absolute atomic E-state index is 12.5. The number of aromatic nitrogens is 4. The molecule has 1 saturated heterocycles. The molecule has 7 heteroatoms. The van der Waals surface area contributed by atoms with Crippen LogP contribution < -0.4 is 5.32 Å². The predicted octanol–water partition coefficient (Wildman–Crippen LogP) is 2.63. The lowest BCUT2D eigenvalue weighted by Crippen LogP contribution is -2.44. The van der Waals surface area contributed by atoms with Gasteiger partial charge in [0.25, 0.3) is 0 Å². The Labute approximate surface area is 142 Å². The number of aromatic amines is 1. The number of likely N-dealkylation sites (tertiary alicyclic amines) is 1. The zero-order valence-corrected chi connectivity index (χ0v) is 14.2. The Morgan fingerprint density at radius 1 is 1.42 bits per heavy atom. The van der Waals surface area contributed by atoms with Crippen LogP contribution in [0.15, 0.2) is 24.8 Å². The number of urea groups is 1. The first-order valence-electron chi connectivity index (χ1n) is 8.76. The van der Waals surface area contributed by atoms with Crippen LogP contribution in [-0.2, 0) is 6.54 Å². The van der Waals surface area contributed by atoms with Crippen LogP contribution in [0.25, 0.3) is 0 Å². The smallest absolute Gasteiger partial charge is 0.317 e. The topological polar surface area (TPSA) is 78.8 Å². The SMILES string of the molecule is Cc1nccn1CCCCNC(=O)N1CCCC[C@@H]1c1cn[nH]c1. The van der Waals surface area contributed by atoms with Crippen molar-refractivity contribution in [2.75, 3.05) is 13.1 Å². The number of nitrogens with one attached hydrogen (secondary N) is 2. The number of hydrogen-bond acceptors (Lipinski definition) is 3. The van der Waals surface area contributed by atoms with Gasteiger partial charge in [-0.15, -0.1) is 0 Å². The number of carbonyl (C=O) groups is 1. The standard InChI is InChI=1S/C17H26N6O/c1-14-18-8-11-22(14)9-5-3-7-19-17(24)23-10-4-2-6-16(23)15-12-20-21-13-15/h8,11-13,16H,2-7,9-10H2,1H3,(H,19,24)(H,20,21)/t16-/m1/s1. The fraction of sp³-hybridized carbons (Fsp3) is 0.588. The summed E-state index contributed by atoms with van der Waals surface area (Å²) in [4.78, 5) is 18.7. The van der Waals surface area contributed by atoms with Crippen LogP contribution in [-0.4, -0.2) is 43.8 Å². The van der Waals surface area contributed by atoms with E-state index in [4.69, 9.17) is 0 Å². The van der Waals surface area contributed by atoms with Crippen LogP contribution >= 0.6 is 0 Å². The average molecular weight is 330 g/mol. The molecule has 130 valence electrons. The van der Waals surface area contributed by atoms with E-state index < -0.39 is 0 Å². The summed E-state index contributed by atoms with van der Waals surface area (Å²) in [6.45, 7) is 4.48. The Kier molecular flexibility index (Phi) is 5.51. The Bertz CT molecular complexity index is 635. The maximum Gasteiger partial charge on any atom is 0.317 e. The molecule has 0 spiro atoms. The van der Waals surface area contributed by atoms with Crippen molar-refractivity contribution in [3.63, 3.8) is 0 Å². The van der Waals surface area contributed by atoms with Gasteiger partial charge < -0.3 is 14.8 Å². The highest BCUT2D eigenvalue weighted by Gasteiger charge is 2.28. The van der Waals surface area contributed by atoms with E-state index in [1.54, 1.807) is 0 Å². The Balaban J connectivity index is 1.43. The first kappa shape index (κ1) is 16.5. The van der Waals surface area contributed by atoms with E-state index in [1.165, 1.54) is 0 Å². The van der Waals surface area contributed by atoms with Gasteiger partial charge in [-0.1, -0.05) is 0 Å². The number of unbranched alkanes of at least 4 members (excludes halogenated alkanes) is 1. The molecule has 0 aliphatic carbocycles. The molecule has 24 heavy (non-hydrogen) atoms. The molecule has 0 aromatic carbocycles. The number of rotatable bonds is 6. The molecule has 7 nitrogen and oxygen atoms in total. The summed E-state index contributed by atoms with van der Waals surface area (Å²) in [7, 11) is 0. The summed E-state index contributed by atoms with van der Waals surface area (Å²) in [5.74, 6) is 1.04. The second-order valence-electron chi connectivity index (χ2n) is 6.34. The van der Waals surface area contributed by atoms with Gasteiger partial charge in [-0.25, -0.2) is 9.78 Å². The summed E-state index contributed by atoms with van der Waals surface area (Å²) in [5.41, 5.74) is 1.10. The molecule has 3 rings (SSSR count). The molecular formula is C17H26N6O. The highest BCUT2D eigenvalue weighted by Crippen LogP contribution is 2.30. The van der Waals surface area contributed by atoms with Crippen LogP contribution in [0, 0.1) is 6.92 Å². The Morgan fingerprint density at radius 2 is 2.33 bits per heavy atom. The zero-order chi connectivity index (χ0) is 16.8. The molecule has 0 unspecified atom stereocenters. The van der Waals surface area contributed by atoms with Gasteiger partial charge in [0, 0.05) is 43.8 Å². The van der Waals surface area contributed by atoms with Crippen molar-refractivity contribution in [3.8, 4) is 0 Å². The summed E-state index contributed by atoms with van der Waals surface area (Å²) >= 11 is 0. The first-order valence-corrected chi connectivity index (χ1v) is 8.76. The second kappa shape index (κ2) is 7.99. The monoisotopic (exact) mass is 330 g/mol. The van der Waals surface area contributed by atoms with E-state index >= 15 is 0 Å². The van der Waals surface area contributed by atoms with E-state index in [9.17, 15) is 4.79 Å². The minimum Gasteiger partial charge on any atom is -0.338 e. The molecule has 1 aliphatic rings. The zero-order valence-electron chi connectivity index (χ0n) is 14.2. The van der Waals surface area contributed by atoms with Crippen LogP contribution in [0.5, 0.6) is 0 Å². The van der Waals surface area contributed by atoms with Crippen LogP contribution in [0.2, 0.25) is 0 Å². The minimum absolute atomic E-state index is 0.0414. The van der Waals surface area contributed by atoms with E-state index in [0.29, 0.717) is 6.54 Å². The Hall–Kier alpha value is -2.31. The summed E-state index contributed by atoms with van der Waals surface area (Å²) in [6, 6.07) is 0.186. The van der Waals surface area contributed by atoms with Crippen molar-refractivity contribution in [3.05, 3.63) is 36.2 Å². The van der Waals surface area contributed by atoms with Crippen LogP contribution in [0.1, 0.15) is 49.5 Å². The molecule has 2 aromatic heterocycles. The van der Waals surface area contributed by atoms with E-state index in [0.717, 1.165) is 56.6 Å². The minimum atomic E-state index is 0.0414. The number of H-pyrrole nitrogens is 1. The van der Waals surface area contributed by atoms with E-state index in [2.05, 4.69) is 25.1 Å². The van der Waals surface area contributed by atoms with E-state index in [-0.39, 0.29) is 12.1 Å². The third kappa shape index (κ3) is 3.96. The van der Waals surface area contributed by atoms with Gasteiger partial charge >= 0.3 is 6.03 Å². The van der Waals surface area contributed by atoms with Gasteiger partial charge in [0.2, 0.25) is 0 Å². The van der Waals surface area contributed by atoms with Gasteiger partial charge in [-0.3, -0.25) is 5.10 Å². The van der Waals surface area contributed by atoms with Gasteiger partial charge in [0.05, 0.1) is 12.2 Å². The fourth-order valence-corrected chi connectivity index (χ4v) is 3.31. The summed E-state index contributed by atoms with van der Waals surface area (Å²) in [6.07, 6.45) is 12.8. The molecule has 1 atom stereocenters. The number of piperidine rings is 1. The third-order valence-electron chi connectivity index (χ3n) is 4.69. The lowest BCUT2D eigenvalue weighted by Gasteiger charge is -2.35. The van der Waals surface area contributed by atoms with Crippen molar-refractivity contribution in [1.82, 2.24) is 30.0 Å². The third-order valence-corrected chi connectivity index (χ3v) is 4.69. The maximum atomic E-state index is 12.5. The number of carbonyl (C=O) groups excluding carboxylic acids is 1. The first-order chi connectivity index (χ1) is 11.8. The molecule has 0 bridgehead atoms. The van der Waals surface area contributed by atoms with Crippen molar-refractivity contribution < 1.29 is 4.79 Å². The quantitative estimate of drug-likeness (QED) is 0.799. The molecule has 1 aliphatic heterocycles. The van der Waals surface area contributed by atoms with Gasteiger partial charge in [-0.05, 0) is 39.0 Å². The molecule has 0 radical (unpaired) electrons. The molecule has 2 N–H and O–H groups in total. The number of amides is 2. The predicted molar refractivity (Wildman–Crippen MR) is 91.5 cm³/mol. The Morgan fingerprint density at radius 3 is 3.08 bits per heavy atom. The van der Waals surface area contributed by atoms with Crippen LogP contribution in [0.4, 0.5) is 4.79 Å². The van der Waals surface area contributed by atoms with Crippen molar-refractivity contribution in [2.45, 2.75) is 51.6 Å². The van der Waals surface area contributed by atoms with Crippen molar-refractivity contribution >= 4 is 6.03 Å². The van der Waals surface area contributed by atoms with Gasteiger partial charge in [-0.2, -0.15) is 5.10 Å². The summed E-state index contributed by atoms with van der Waals surface area (Å²) < 4.78 is 2.14. The lowest BCUT2D eigenvalue weighted by molar-refractivity contribution is 0.151. The largest absolute Gasteiger partial charge is 0.338 e. The second-order valence-corrected chi connectivity index (χ2v) is 6.34. The molecule has 2 amide bonds. The summed E-state index contributed by atoms with van der Waals surface area (Å²) in [5, 5.41) is 9.94. The number of hydrogen-bond donors (Lipinski definition) is 2. The molecule has 0 saturated carbocycles. The average Bonchev–Trinajstić information content (AvgIpc) is 3.26. The molecule has 3 heterocycles. The van der Waals surface area contributed by atoms with Crippen LogP contribution in [0.3, 0.4) is 0 Å². The van der Waals surface area contributed by atoms with Crippen molar-refractivity contribution in [1.29, 1.82) is 0 Å². The number of imidazole rings is 1. The molecule has 2 aromatic rings. The number of aryl methyl sites for hydroxylation is 2. The fourth-order valence-electron chi connectivity index (χ4n) is 3.31. The molecular weight excluding hydrogens is 304 g/mol. The highest BCUT2D eigenvalue weighted by molar-refractivity contribution is 5.74. The highest BCUT2D eigenvalue weighted by atomic mass is 16.2.